The van der Waals surface area contributed by atoms with Crippen molar-refractivity contribution >= 4 is 10.2 Å². The Morgan fingerprint density at radius 3 is 2.55 bits per heavy atom. The van der Waals surface area contributed by atoms with Gasteiger partial charge in [0.2, 0.25) is 0 Å². The first-order valence-electron chi connectivity index (χ1n) is 7.70. The second-order valence-corrected chi connectivity index (χ2v) is 7.61. The van der Waals surface area contributed by atoms with Crippen molar-refractivity contribution in [2.24, 2.45) is 5.92 Å². The van der Waals surface area contributed by atoms with E-state index in [0.717, 1.165) is 32.5 Å². The minimum atomic E-state index is -3.38. The summed E-state index contributed by atoms with van der Waals surface area (Å²) >= 11 is 0. The maximum atomic E-state index is 12.2. The Morgan fingerprint density at radius 2 is 1.85 bits per heavy atom. The van der Waals surface area contributed by atoms with Crippen molar-refractivity contribution in [3.63, 3.8) is 0 Å². The molecule has 2 saturated heterocycles. The lowest BCUT2D eigenvalue weighted by molar-refractivity contribution is 0.164. The van der Waals surface area contributed by atoms with Gasteiger partial charge < -0.3 is 10.0 Å². The zero-order chi connectivity index (χ0) is 14.4. The third-order valence-corrected chi connectivity index (χ3v) is 5.82. The predicted octanol–water partition coefficient (Wildman–Crippen LogP) is 0.0110. The average molecular weight is 305 g/mol. The summed E-state index contributed by atoms with van der Waals surface area (Å²) in [5.41, 5.74) is 0. The van der Waals surface area contributed by atoms with Crippen molar-refractivity contribution in [1.82, 2.24) is 13.9 Å². The van der Waals surface area contributed by atoms with E-state index in [4.69, 9.17) is 0 Å². The van der Waals surface area contributed by atoms with Gasteiger partial charge in [0.05, 0.1) is 0 Å². The van der Waals surface area contributed by atoms with Crippen LogP contribution in [0.5, 0.6) is 0 Å². The van der Waals surface area contributed by atoms with Crippen molar-refractivity contribution in [3.05, 3.63) is 0 Å². The molecule has 0 radical (unpaired) electrons. The first kappa shape index (κ1) is 16.2. The molecule has 20 heavy (non-hydrogen) atoms. The zero-order valence-corrected chi connectivity index (χ0v) is 12.9. The molecule has 6 nitrogen and oxygen atoms in total. The van der Waals surface area contributed by atoms with Gasteiger partial charge in [0.1, 0.15) is 0 Å². The van der Waals surface area contributed by atoms with Gasteiger partial charge >= 0.3 is 0 Å². The second kappa shape index (κ2) is 7.70. The molecule has 0 amide bonds. The quantitative estimate of drug-likeness (QED) is 0.725. The topological polar surface area (TPSA) is 72.9 Å². The van der Waals surface area contributed by atoms with Gasteiger partial charge in [-0.2, -0.15) is 12.7 Å². The maximum absolute atomic E-state index is 12.2. The Hall–Kier alpha value is -0.210. The predicted molar refractivity (Wildman–Crippen MR) is 78.6 cm³/mol. The Labute approximate surface area is 122 Å². The van der Waals surface area contributed by atoms with E-state index in [9.17, 15) is 13.5 Å². The molecule has 0 aliphatic carbocycles. The number of aliphatic hydroxyl groups excluding tert-OH is 1. The van der Waals surface area contributed by atoms with Gasteiger partial charge in [-0.3, -0.25) is 0 Å². The zero-order valence-electron chi connectivity index (χ0n) is 12.1. The standard InChI is InChI=1S/C13H27N3O3S/c17-12-13-5-4-9-16(11-13)20(18,19)14-6-10-15-7-2-1-3-8-15/h13-14,17H,1-12H2. The van der Waals surface area contributed by atoms with Crippen molar-refractivity contribution in [2.75, 3.05) is 45.9 Å². The van der Waals surface area contributed by atoms with Gasteiger partial charge in [0, 0.05) is 32.8 Å². The molecule has 7 heteroatoms. The average Bonchev–Trinajstić information content (AvgIpc) is 2.48. The number of aliphatic hydroxyl groups is 1. The molecule has 2 rings (SSSR count). The number of nitrogens with zero attached hydrogens (tertiary/aromatic N) is 2. The molecule has 0 aromatic heterocycles. The van der Waals surface area contributed by atoms with E-state index in [1.54, 1.807) is 0 Å². The van der Waals surface area contributed by atoms with Crippen molar-refractivity contribution in [3.8, 4) is 0 Å². The van der Waals surface area contributed by atoms with Gasteiger partial charge in [0.25, 0.3) is 10.2 Å². The molecule has 0 bridgehead atoms. The summed E-state index contributed by atoms with van der Waals surface area (Å²) in [6, 6.07) is 0. The summed E-state index contributed by atoms with van der Waals surface area (Å²) in [5.74, 6) is 0.0856. The van der Waals surface area contributed by atoms with Crippen LogP contribution in [0.1, 0.15) is 32.1 Å². The maximum Gasteiger partial charge on any atom is 0.279 e. The summed E-state index contributed by atoms with van der Waals surface area (Å²) < 4.78 is 28.6. The Morgan fingerprint density at radius 1 is 1.10 bits per heavy atom. The summed E-state index contributed by atoms with van der Waals surface area (Å²) in [6.45, 7) is 4.50. The molecule has 2 fully saturated rings. The van der Waals surface area contributed by atoms with E-state index in [0.29, 0.717) is 19.6 Å². The normalized spacial score (nSPS) is 26.8. The van der Waals surface area contributed by atoms with Crippen molar-refractivity contribution in [1.29, 1.82) is 0 Å². The van der Waals surface area contributed by atoms with Crippen LogP contribution in [-0.2, 0) is 10.2 Å². The lowest BCUT2D eigenvalue weighted by Gasteiger charge is -2.31. The van der Waals surface area contributed by atoms with Crippen LogP contribution in [0.2, 0.25) is 0 Å². The van der Waals surface area contributed by atoms with Crippen molar-refractivity contribution < 1.29 is 13.5 Å². The molecular weight excluding hydrogens is 278 g/mol. The molecule has 1 atom stereocenters. The summed E-state index contributed by atoms with van der Waals surface area (Å²) in [4.78, 5) is 2.32. The van der Waals surface area contributed by atoms with Crippen LogP contribution in [0.15, 0.2) is 0 Å². The van der Waals surface area contributed by atoms with Gasteiger partial charge in [-0.25, -0.2) is 4.72 Å². The highest BCUT2D eigenvalue weighted by molar-refractivity contribution is 7.87. The van der Waals surface area contributed by atoms with Crippen LogP contribution < -0.4 is 4.72 Å². The van der Waals surface area contributed by atoms with E-state index >= 15 is 0 Å². The highest BCUT2D eigenvalue weighted by Crippen LogP contribution is 2.17. The van der Waals surface area contributed by atoms with Crippen LogP contribution in [0, 0.1) is 5.92 Å². The van der Waals surface area contributed by atoms with E-state index in [-0.39, 0.29) is 12.5 Å². The second-order valence-electron chi connectivity index (χ2n) is 5.85. The highest BCUT2D eigenvalue weighted by atomic mass is 32.2. The molecule has 2 aliphatic rings. The fourth-order valence-electron chi connectivity index (χ4n) is 3.00. The number of nitrogens with one attached hydrogen (secondary N) is 1. The lowest BCUT2D eigenvalue weighted by atomic mass is 10.0. The molecular formula is C13H27N3O3S. The van der Waals surface area contributed by atoms with Crippen LogP contribution in [-0.4, -0.2) is 68.6 Å². The molecule has 2 N–H and O–H groups in total. The molecule has 2 aliphatic heterocycles. The van der Waals surface area contributed by atoms with E-state index in [2.05, 4.69) is 9.62 Å². The summed E-state index contributed by atoms with van der Waals surface area (Å²) in [7, 11) is -3.38. The smallest absolute Gasteiger partial charge is 0.279 e. The number of rotatable bonds is 6. The first-order valence-corrected chi connectivity index (χ1v) is 9.14. The van der Waals surface area contributed by atoms with Gasteiger partial charge in [-0.15, -0.1) is 0 Å². The number of piperidine rings is 2. The van der Waals surface area contributed by atoms with Crippen LogP contribution in [0.3, 0.4) is 0 Å². The Balaban J connectivity index is 1.75. The lowest BCUT2D eigenvalue weighted by Crippen LogP contribution is -2.48. The van der Waals surface area contributed by atoms with Gasteiger partial charge in [0.15, 0.2) is 0 Å². The largest absolute Gasteiger partial charge is 0.396 e. The molecule has 2 heterocycles. The van der Waals surface area contributed by atoms with Gasteiger partial charge in [-0.05, 0) is 44.7 Å². The minimum absolute atomic E-state index is 0.0692. The van der Waals surface area contributed by atoms with E-state index < -0.39 is 10.2 Å². The van der Waals surface area contributed by atoms with Crippen LogP contribution >= 0.6 is 0 Å². The highest BCUT2D eigenvalue weighted by Gasteiger charge is 2.28. The molecule has 118 valence electrons. The first-order chi connectivity index (χ1) is 9.62. The van der Waals surface area contributed by atoms with E-state index in [1.165, 1.54) is 23.6 Å². The monoisotopic (exact) mass is 305 g/mol. The third-order valence-electron chi connectivity index (χ3n) is 4.24. The molecule has 0 aromatic rings. The van der Waals surface area contributed by atoms with Crippen LogP contribution in [0.4, 0.5) is 0 Å². The molecule has 1 unspecified atom stereocenters. The fourth-order valence-corrected chi connectivity index (χ4v) is 4.31. The van der Waals surface area contributed by atoms with Crippen LogP contribution in [0.25, 0.3) is 0 Å². The van der Waals surface area contributed by atoms with Crippen molar-refractivity contribution in [2.45, 2.75) is 32.1 Å². The molecule has 0 spiro atoms. The fraction of sp³-hybridized carbons (Fsp3) is 1.00. The number of hydrogen-bond donors (Lipinski definition) is 2. The number of likely N-dealkylation sites (tertiary alicyclic amines) is 1. The molecule has 0 saturated carbocycles. The molecule has 0 aromatic carbocycles. The van der Waals surface area contributed by atoms with Gasteiger partial charge in [-0.1, -0.05) is 6.42 Å². The minimum Gasteiger partial charge on any atom is -0.396 e. The van der Waals surface area contributed by atoms with E-state index in [1.807, 2.05) is 0 Å². The third kappa shape index (κ3) is 4.66. The Bertz CT molecular complexity index is 382. The summed E-state index contributed by atoms with van der Waals surface area (Å²) in [5, 5.41) is 9.17. The SMILES string of the molecule is O=S(=O)(NCCN1CCCCC1)N1CCCC(CO)C1. The summed E-state index contributed by atoms with van der Waals surface area (Å²) in [6.07, 6.45) is 5.47. The number of hydrogen-bond acceptors (Lipinski definition) is 4. The Kier molecular flexibility index (Phi) is 6.22.